The average molecular weight is 309 g/mol. The molecule has 1 fully saturated rings. The monoisotopic (exact) mass is 309 g/mol. The van der Waals surface area contributed by atoms with Gasteiger partial charge in [0.05, 0.1) is 0 Å². The summed E-state index contributed by atoms with van der Waals surface area (Å²) in [5, 5.41) is 8.91. The molecule has 0 aliphatic carbocycles. The zero-order valence-corrected chi connectivity index (χ0v) is 10.8. The van der Waals surface area contributed by atoms with Gasteiger partial charge in [-0.05, 0) is 24.1 Å². The van der Waals surface area contributed by atoms with E-state index in [1.165, 1.54) is 11.0 Å². The van der Waals surface area contributed by atoms with E-state index in [4.69, 9.17) is 5.11 Å². The van der Waals surface area contributed by atoms with Gasteiger partial charge in [-0.25, -0.2) is 8.78 Å². The molecule has 0 bridgehead atoms. The molecule has 1 saturated heterocycles. The lowest BCUT2D eigenvalue weighted by atomic mass is 9.86. The fourth-order valence-corrected chi connectivity index (χ4v) is 2.45. The maximum Gasteiger partial charge on any atom is 0.406 e. The van der Waals surface area contributed by atoms with Crippen LogP contribution in [0.5, 0.6) is 0 Å². The fourth-order valence-electron chi connectivity index (χ4n) is 2.45. The lowest BCUT2D eigenvalue weighted by Crippen LogP contribution is -2.47. The van der Waals surface area contributed by atoms with Crippen molar-refractivity contribution in [2.45, 2.75) is 19.1 Å². The summed E-state index contributed by atoms with van der Waals surface area (Å²) in [6.07, 6.45) is -5.42. The average Bonchev–Trinajstić information content (AvgIpc) is 2.79. The molecule has 3 nitrogen and oxygen atoms in total. The second-order valence-corrected chi connectivity index (χ2v) is 5.09. The van der Waals surface area contributed by atoms with E-state index in [1.54, 1.807) is 0 Å². The van der Waals surface area contributed by atoms with Gasteiger partial charge in [-0.3, -0.25) is 9.69 Å². The Kier molecular flexibility index (Phi) is 3.92. The first kappa shape index (κ1) is 15.7. The van der Waals surface area contributed by atoms with E-state index < -0.39 is 42.2 Å². The largest absolute Gasteiger partial charge is 0.481 e. The molecule has 0 amide bonds. The predicted molar refractivity (Wildman–Crippen MR) is 62.4 cm³/mol. The van der Waals surface area contributed by atoms with Crippen molar-refractivity contribution in [2.75, 3.05) is 13.1 Å². The molecule has 1 aromatic rings. The van der Waals surface area contributed by atoms with E-state index >= 15 is 0 Å². The second-order valence-electron chi connectivity index (χ2n) is 5.09. The van der Waals surface area contributed by atoms with Gasteiger partial charge in [0.1, 0.15) is 0 Å². The molecule has 116 valence electrons. The molecule has 0 saturated carbocycles. The van der Waals surface area contributed by atoms with Crippen LogP contribution >= 0.6 is 0 Å². The Morgan fingerprint density at radius 2 is 1.95 bits per heavy atom. The van der Waals surface area contributed by atoms with E-state index in [-0.39, 0.29) is 18.7 Å². The van der Waals surface area contributed by atoms with Gasteiger partial charge in [-0.15, -0.1) is 0 Å². The van der Waals surface area contributed by atoms with Crippen molar-refractivity contribution in [2.24, 2.45) is 5.41 Å². The molecule has 1 unspecified atom stereocenters. The van der Waals surface area contributed by atoms with Crippen LogP contribution in [0.1, 0.15) is 12.0 Å². The van der Waals surface area contributed by atoms with E-state index in [9.17, 15) is 26.7 Å². The normalized spacial score (nSPS) is 23.5. The van der Waals surface area contributed by atoms with Gasteiger partial charge in [0.25, 0.3) is 0 Å². The molecule has 1 N–H and O–H groups in total. The van der Waals surface area contributed by atoms with Crippen molar-refractivity contribution in [1.29, 1.82) is 0 Å². The molecule has 1 aliphatic heterocycles. The Hall–Kier alpha value is -1.70. The van der Waals surface area contributed by atoms with E-state index in [0.717, 1.165) is 12.1 Å². The number of benzene rings is 1. The number of rotatable bonds is 3. The third kappa shape index (κ3) is 2.85. The highest BCUT2D eigenvalue weighted by Gasteiger charge is 2.63. The van der Waals surface area contributed by atoms with Crippen LogP contribution in [0.25, 0.3) is 0 Å². The van der Waals surface area contributed by atoms with E-state index in [1.807, 2.05) is 0 Å². The maximum atomic E-state index is 13.1. The number of hydrogen-bond donors (Lipinski definition) is 1. The number of hydrogen-bond acceptors (Lipinski definition) is 2. The van der Waals surface area contributed by atoms with E-state index in [0.29, 0.717) is 0 Å². The Morgan fingerprint density at radius 3 is 2.43 bits per heavy atom. The van der Waals surface area contributed by atoms with Crippen LogP contribution in [0.2, 0.25) is 0 Å². The third-order valence-electron chi connectivity index (χ3n) is 3.69. The summed E-state index contributed by atoms with van der Waals surface area (Å²) in [6, 6.07) is 3.03. The SMILES string of the molecule is O=C(O)C1(C(F)(F)F)CCN(Cc2ccc(F)c(F)c2)C1. The predicted octanol–water partition coefficient (Wildman–Crippen LogP) is 2.80. The van der Waals surface area contributed by atoms with Crippen molar-refractivity contribution in [3.63, 3.8) is 0 Å². The number of nitrogens with zero attached hydrogens (tertiary/aromatic N) is 1. The molecule has 1 aliphatic rings. The Bertz CT molecular complexity index is 560. The molecule has 8 heteroatoms. The lowest BCUT2D eigenvalue weighted by molar-refractivity contribution is -0.227. The van der Waals surface area contributed by atoms with Crippen LogP contribution in [0.4, 0.5) is 22.0 Å². The zero-order valence-electron chi connectivity index (χ0n) is 10.8. The first-order valence-corrected chi connectivity index (χ1v) is 6.12. The molecule has 1 atom stereocenters. The van der Waals surface area contributed by atoms with Crippen LogP contribution < -0.4 is 0 Å². The van der Waals surface area contributed by atoms with Crippen molar-refractivity contribution < 1.29 is 31.9 Å². The minimum Gasteiger partial charge on any atom is -0.481 e. The maximum absolute atomic E-state index is 13.1. The summed E-state index contributed by atoms with van der Waals surface area (Å²) in [4.78, 5) is 12.3. The van der Waals surface area contributed by atoms with Gasteiger partial charge in [0.15, 0.2) is 17.0 Å². The molecule has 2 rings (SSSR count). The number of carboxylic acid groups (broad SMARTS) is 1. The summed E-state index contributed by atoms with van der Waals surface area (Å²) >= 11 is 0. The Morgan fingerprint density at radius 1 is 1.29 bits per heavy atom. The minimum absolute atomic E-state index is 0.0672. The fraction of sp³-hybridized carbons (Fsp3) is 0.462. The number of likely N-dealkylation sites (tertiary alicyclic amines) is 1. The Labute approximate surface area is 117 Å². The van der Waals surface area contributed by atoms with E-state index in [2.05, 4.69) is 0 Å². The minimum atomic E-state index is -4.86. The van der Waals surface area contributed by atoms with Crippen LogP contribution in [0.15, 0.2) is 18.2 Å². The summed E-state index contributed by atoms with van der Waals surface area (Å²) in [5.41, 5.74) is -2.51. The third-order valence-corrected chi connectivity index (χ3v) is 3.69. The highest BCUT2D eigenvalue weighted by molar-refractivity contribution is 5.76. The van der Waals surface area contributed by atoms with Crippen molar-refractivity contribution in [1.82, 2.24) is 4.90 Å². The summed E-state index contributed by atoms with van der Waals surface area (Å²) < 4.78 is 64.8. The van der Waals surface area contributed by atoms with Crippen LogP contribution in [-0.2, 0) is 11.3 Å². The van der Waals surface area contributed by atoms with Crippen molar-refractivity contribution >= 4 is 5.97 Å². The number of alkyl halides is 3. The van der Waals surface area contributed by atoms with Gasteiger partial charge in [0.2, 0.25) is 0 Å². The highest BCUT2D eigenvalue weighted by Crippen LogP contribution is 2.45. The lowest BCUT2D eigenvalue weighted by Gasteiger charge is -2.27. The molecule has 1 heterocycles. The molecular weight excluding hydrogens is 297 g/mol. The molecule has 0 radical (unpaired) electrons. The standard InChI is InChI=1S/C13H12F5NO2/c14-9-2-1-8(5-10(9)15)6-19-4-3-12(7-19,11(20)21)13(16,17)18/h1-2,5H,3-4,6-7H2,(H,20,21). The number of aliphatic carboxylic acids is 1. The molecule has 1 aromatic carbocycles. The number of halogens is 5. The van der Waals surface area contributed by atoms with Gasteiger partial charge in [-0.2, -0.15) is 13.2 Å². The highest BCUT2D eigenvalue weighted by atomic mass is 19.4. The Balaban J connectivity index is 2.14. The van der Waals surface area contributed by atoms with Gasteiger partial charge in [0, 0.05) is 19.6 Å². The first-order chi connectivity index (χ1) is 9.65. The molecular formula is C13H12F5NO2. The van der Waals surface area contributed by atoms with Gasteiger partial charge < -0.3 is 5.11 Å². The second kappa shape index (κ2) is 5.25. The van der Waals surface area contributed by atoms with Crippen molar-refractivity contribution in [3.8, 4) is 0 Å². The van der Waals surface area contributed by atoms with Crippen LogP contribution in [0, 0.1) is 17.0 Å². The molecule has 21 heavy (non-hydrogen) atoms. The van der Waals surface area contributed by atoms with Crippen LogP contribution in [-0.4, -0.2) is 35.2 Å². The quantitative estimate of drug-likeness (QED) is 0.873. The summed E-state index contributed by atoms with van der Waals surface area (Å²) in [6.45, 7) is -0.849. The topological polar surface area (TPSA) is 40.5 Å². The van der Waals surface area contributed by atoms with Gasteiger partial charge >= 0.3 is 12.1 Å². The first-order valence-electron chi connectivity index (χ1n) is 6.12. The number of carbonyl (C=O) groups is 1. The van der Waals surface area contributed by atoms with Gasteiger partial charge in [-0.1, -0.05) is 6.07 Å². The molecule has 0 spiro atoms. The number of carboxylic acids is 1. The molecule has 0 aromatic heterocycles. The van der Waals surface area contributed by atoms with Crippen molar-refractivity contribution in [3.05, 3.63) is 35.4 Å². The summed E-state index contributed by atoms with van der Waals surface area (Å²) in [7, 11) is 0. The zero-order chi connectivity index (χ0) is 15.8. The smallest absolute Gasteiger partial charge is 0.406 e. The van der Waals surface area contributed by atoms with Crippen LogP contribution in [0.3, 0.4) is 0 Å². The summed E-state index contributed by atoms with van der Waals surface area (Å²) in [5.74, 6) is -4.05.